The smallest absolute Gasteiger partial charge is 0.307 e. The number of nitrogens with two attached hydrogens (primary N) is 1. The Morgan fingerprint density at radius 2 is 1.87 bits per heavy atom. The zero-order valence-electron chi connectivity index (χ0n) is 16.7. The van der Waals surface area contributed by atoms with Gasteiger partial charge in [-0.25, -0.2) is 4.85 Å². The van der Waals surface area contributed by atoms with Crippen LogP contribution in [0.5, 0.6) is 5.75 Å². The van der Waals surface area contributed by atoms with Crippen LogP contribution in [0.3, 0.4) is 0 Å². The second-order valence-electron chi connectivity index (χ2n) is 7.11. The van der Waals surface area contributed by atoms with Crippen molar-refractivity contribution in [3.63, 3.8) is 0 Å². The van der Waals surface area contributed by atoms with Gasteiger partial charge in [0.2, 0.25) is 5.69 Å². The summed E-state index contributed by atoms with van der Waals surface area (Å²) in [6.07, 6.45) is 1.41. The van der Waals surface area contributed by atoms with E-state index in [-0.39, 0.29) is 18.7 Å². The summed E-state index contributed by atoms with van der Waals surface area (Å²) < 4.78 is 11.6. The van der Waals surface area contributed by atoms with E-state index in [0.717, 1.165) is 33.2 Å². The van der Waals surface area contributed by atoms with E-state index in [4.69, 9.17) is 26.6 Å². The standard InChI is InChI=1S/C25H20N2O4/c1-27-22-7-3-6-19(12-24(28)29)25(22)31-15-20-14-30-23-9-8-18(11-21(20)23)17-5-2-4-16(10-17)13-26/h2-11,14H,12-13,15,26H2,(H,28,29). The van der Waals surface area contributed by atoms with Gasteiger partial charge in [-0.05, 0) is 40.5 Å². The quantitative estimate of drug-likeness (QED) is 0.401. The number of hydrogen-bond acceptors (Lipinski definition) is 4. The normalized spacial score (nSPS) is 10.7. The predicted molar refractivity (Wildman–Crippen MR) is 118 cm³/mol. The van der Waals surface area contributed by atoms with Crippen LogP contribution in [-0.2, 0) is 24.4 Å². The minimum Gasteiger partial charge on any atom is -0.499 e. The van der Waals surface area contributed by atoms with E-state index in [1.807, 2.05) is 36.4 Å². The fourth-order valence-electron chi connectivity index (χ4n) is 3.53. The Balaban J connectivity index is 1.66. The van der Waals surface area contributed by atoms with E-state index in [1.165, 1.54) is 0 Å². The predicted octanol–water partition coefficient (Wildman–Crippen LogP) is 5.32. The van der Waals surface area contributed by atoms with Crippen molar-refractivity contribution in [2.45, 2.75) is 19.6 Å². The van der Waals surface area contributed by atoms with Gasteiger partial charge in [0.1, 0.15) is 17.9 Å². The van der Waals surface area contributed by atoms with E-state index < -0.39 is 5.97 Å². The van der Waals surface area contributed by atoms with Crippen molar-refractivity contribution in [1.82, 2.24) is 0 Å². The van der Waals surface area contributed by atoms with Gasteiger partial charge >= 0.3 is 5.97 Å². The molecular weight excluding hydrogens is 392 g/mol. The molecule has 0 unspecified atom stereocenters. The molecule has 154 valence electrons. The SMILES string of the molecule is [C-]#[N+]c1cccc(CC(=O)O)c1OCc1coc2ccc(-c3cccc(CN)c3)cc12. The Labute approximate surface area is 179 Å². The lowest BCUT2D eigenvalue weighted by Crippen LogP contribution is -2.04. The number of ether oxygens (including phenoxy) is 1. The molecular formula is C25H20N2O4. The third-order valence-electron chi connectivity index (χ3n) is 5.06. The maximum Gasteiger partial charge on any atom is 0.307 e. The second-order valence-corrected chi connectivity index (χ2v) is 7.11. The van der Waals surface area contributed by atoms with Crippen LogP contribution in [0, 0.1) is 6.57 Å². The van der Waals surface area contributed by atoms with Crippen molar-refractivity contribution < 1.29 is 19.1 Å². The van der Waals surface area contributed by atoms with Crippen LogP contribution in [0.15, 0.2) is 71.3 Å². The highest BCUT2D eigenvalue weighted by atomic mass is 16.5. The van der Waals surface area contributed by atoms with Gasteiger partial charge in [0.05, 0.1) is 19.3 Å². The van der Waals surface area contributed by atoms with E-state index in [2.05, 4.69) is 10.9 Å². The summed E-state index contributed by atoms with van der Waals surface area (Å²) in [5.41, 5.74) is 11.2. The van der Waals surface area contributed by atoms with Gasteiger partial charge in [0.15, 0.2) is 0 Å². The average Bonchev–Trinajstić information content (AvgIpc) is 3.20. The topological polar surface area (TPSA) is 90.0 Å². The summed E-state index contributed by atoms with van der Waals surface area (Å²) in [5, 5.41) is 10.1. The molecule has 0 radical (unpaired) electrons. The van der Waals surface area contributed by atoms with Crippen LogP contribution in [-0.4, -0.2) is 11.1 Å². The molecule has 0 atom stereocenters. The number of nitrogens with zero attached hydrogens (tertiary/aromatic N) is 1. The molecule has 4 aromatic rings. The number of carbonyl (C=O) groups is 1. The molecule has 0 aliphatic heterocycles. The number of carboxylic acid groups (broad SMARTS) is 1. The summed E-state index contributed by atoms with van der Waals surface area (Å²) in [7, 11) is 0. The van der Waals surface area contributed by atoms with Crippen molar-refractivity contribution >= 4 is 22.6 Å². The first kappa shape index (κ1) is 20.2. The highest BCUT2D eigenvalue weighted by Gasteiger charge is 2.15. The zero-order valence-corrected chi connectivity index (χ0v) is 16.7. The largest absolute Gasteiger partial charge is 0.499 e. The van der Waals surface area contributed by atoms with Crippen LogP contribution >= 0.6 is 0 Å². The molecule has 4 rings (SSSR count). The van der Waals surface area contributed by atoms with Gasteiger partial charge in [0, 0.05) is 17.5 Å². The van der Waals surface area contributed by atoms with Crippen LogP contribution in [0.1, 0.15) is 16.7 Å². The van der Waals surface area contributed by atoms with Crippen molar-refractivity contribution in [3.8, 4) is 16.9 Å². The first-order valence-electron chi connectivity index (χ1n) is 9.72. The number of benzene rings is 3. The molecule has 0 saturated heterocycles. The number of carboxylic acids is 1. The van der Waals surface area contributed by atoms with Gasteiger partial charge in [-0.1, -0.05) is 42.5 Å². The van der Waals surface area contributed by atoms with Gasteiger partial charge < -0.3 is 20.0 Å². The number of hydrogen-bond donors (Lipinski definition) is 2. The third-order valence-corrected chi connectivity index (χ3v) is 5.06. The summed E-state index contributed by atoms with van der Waals surface area (Å²) in [6, 6.07) is 18.9. The molecule has 6 nitrogen and oxygen atoms in total. The zero-order chi connectivity index (χ0) is 21.8. The van der Waals surface area contributed by atoms with Crippen molar-refractivity contribution in [2.24, 2.45) is 5.73 Å². The molecule has 0 amide bonds. The Morgan fingerprint density at radius 3 is 2.65 bits per heavy atom. The van der Waals surface area contributed by atoms with Crippen LogP contribution < -0.4 is 10.5 Å². The van der Waals surface area contributed by atoms with E-state index in [1.54, 1.807) is 24.5 Å². The molecule has 0 bridgehead atoms. The highest BCUT2D eigenvalue weighted by Crippen LogP contribution is 2.34. The minimum atomic E-state index is -0.981. The van der Waals surface area contributed by atoms with Crippen molar-refractivity contribution in [1.29, 1.82) is 0 Å². The summed E-state index contributed by atoms with van der Waals surface area (Å²) in [4.78, 5) is 14.7. The summed E-state index contributed by atoms with van der Waals surface area (Å²) in [5.74, 6) is -0.689. The van der Waals surface area contributed by atoms with E-state index in [0.29, 0.717) is 17.9 Å². The summed E-state index contributed by atoms with van der Waals surface area (Å²) >= 11 is 0. The minimum absolute atomic E-state index is 0.151. The molecule has 31 heavy (non-hydrogen) atoms. The second kappa shape index (κ2) is 8.74. The van der Waals surface area contributed by atoms with Gasteiger partial charge in [-0.15, -0.1) is 0 Å². The lowest BCUT2D eigenvalue weighted by Gasteiger charge is -2.12. The van der Waals surface area contributed by atoms with Crippen LogP contribution in [0.2, 0.25) is 0 Å². The molecule has 0 fully saturated rings. The maximum atomic E-state index is 11.2. The fraction of sp³-hybridized carbons (Fsp3) is 0.120. The number of fused-ring (bicyclic) bond motifs is 1. The molecule has 1 aromatic heterocycles. The molecule has 3 aromatic carbocycles. The van der Waals surface area contributed by atoms with Crippen molar-refractivity contribution in [3.05, 3.63) is 95.0 Å². The molecule has 0 saturated carbocycles. The first-order valence-corrected chi connectivity index (χ1v) is 9.72. The molecule has 6 heteroatoms. The van der Waals surface area contributed by atoms with Gasteiger partial charge in [-0.3, -0.25) is 4.79 Å². The fourth-order valence-corrected chi connectivity index (χ4v) is 3.53. The van der Waals surface area contributed by atoms with E-state index >= 15 is 0 Å². The number of furan rings is 1. The molecule has 0 aliphatic rings. The molecule has 1 heterocycles. The van der Waals surface area contributed by atoms with Gasteiger partial charge in [-0.2, -0.15) is 0 Å². The number of aliphatic carboxylic acids is 1. The Hall–Kier alpha value is -4.08. The molecule has 0 aliphatic carbocycles. The highest BCUT2D eigenvalue weighted by molar-refractivity contribution is 5.86. The third kappa shape index (κ3) is 4.27. The van der Waals surface area contributed by atoms with E-state index in [9.17, 15) is 4.79 Å². The first-order chi connectivity index (χ1) is 15.1. The number of rotatable bonds is 7. The lowest BCUT2D eigenvalue weighted by atomic mass is 10.0. The van der Waals surface area contributed by atoms with Gasteiger partial charge in [0.25, 0.3) is 0 Å². The number of para-hydroxylation sites is 1. The maximum absolute atomic E-state index is 11.2. The Morgan fingerprint density at radius 1 is 1.06 bits per heavy atom. The lowest BCUT2D eigenvalue weighted by molar-refractivity contribution is -0.136. The van der Waals surface area contributed by atoms with Crippen molar-refractivity contribution in [2.75, 3.05) is 0 Å². The molecule has 0 spiro atoms. The average molecular weight is 412 g/mol. The Kier molecular flexibility index (Phi) is 5.69. The van der Waals surface area contributed by atoms with Crippen LogP contribution in [0.4, 0.5) is 5.69 Å². The Bertz CT molecular complexity index is 1300. The molecule has 3 N–H and O–H groups in total. The monoisotopic (exact) mass is 412 g/mol. The van der Waals surface area contributed by atoms with Crippen LogP contribution in [0.25, 0.3) is 26.9 Å². The summed E-state index contributed by atoms with van der Waals surface area (Å²) in [6.45, 7) is 8.00.